The average Bonchev–Trinajstić information content (AvgIpc) is 3.67. The molecule has 0 saturated carbocycles. The van der Waals surface area contributed by atoms with Crippen LogP contribution in [0, 0.1) is 5.82 Å². The molecule has 2 aliphatic heterocycles. The molecule has 0 radical (unpaired) electrons. The Balaban J connectivity index is 1.37. The fourth-order valence-corrected chi connectivity index (χ4v) is 5.62. The van der Waals surface area contributed by atoms with Gasteiger partial charge in [-0.15, -0.1) is 0 Å². The second-order valence-corrected chi connectivity index (χ2v) is 9.91. The van der Waals surface area contributed by atoms with Gasteiger partial charge in [-0.2, -0.15) is 5.10 Å². The van der Waals surface area contributed by atoms with E-state index < -0.39 is 11.9 Å². The summed E-state index contributed by atoms with van der Waals surface area (Å²) in [6, 6.07) is 18.0. The van der Waals surface area contributed by atoms with E-state index in [4.69, 9.17) is 11.6 Å². The van der Waals surface area contributed by atoms with Gasteiger partial charge in [0.15, 0.2) is 5.65 Å². The van der Waals surface area contributed by atoms with Gasteiger partial charge >= 0.3 is 6.03 Å². The molecule has 10 heteroatoms. The smallest absolute Gasteiger partial charge is 0.326 e. The Kier molecular flexibility index (Phi) is 5.34. The fourth-order valence-electron chi connectivity index (χ4n) is 5.39. The number of halogens is 2. The number of nitrogens with one attached hydrogen (secondary N) is 2. The molecule has 0 unspecified atom stereocenters. The lowest BCUT2D eigenvalue weighted by Gasteiger charge is -2.22. The van der Waals surface area contributed by atoms with Gasteiger partial charge < -0.3 is 10.6 Å². The Morgan fingerprint density at radius 3 is 2.85 bits per heavy atom. The van der Waals surface area contributed by atoms with E-state index in [0.717, 1.165) is 23.2 Å². The molecule has 0 fully saturated rings. The van der Waals surface area contributed by atoms with E-state index in [-0.39, 0.29) is 11.9 Å². The minimum Gasteiger partial charge on any atom is -0.341 e. The van der Waals surface area contributed by atoms with Crippen LogP contribution in [-0.4, -0.2) is 33.1 Å². The lowest BCUT2D eigenvalue weighted by molar-refractivity contribution is 0.0960. The van der Waals surface area contributed by atoms with Crippen molar-refractivity contribution in [1.29, 1.82) is 0 Å². The third-order valence-electron chi connectivity index (χ3n) is 7.24. The lowest BCUT2D eigenvalue weighted by Crippen LogP contribution is -2.33. The van der Waals surface area contributed by atoms with E-state index in [0.29, 0.717) is 45.2 Å². The molecule has 0 saturated heterocycles. The largest absolute Gasteiger partial charge is 0.341 e. The van der Waals surface area contributed by atoms with Crippen LogP contribution in [-0.2, 0) is 6.42 Å². The SMILES string of the molecule is O=C1N[C@H](c2cc(F)ccc2Cl)c2c(NC(=O)N3CCc4ccccc43)cc(-c3ccc4ncnn4c3)cc21. The van der Waals surface area contributed by atoms with Gasteiger partial charge in [0.25, 0.3) is 5.91 Å². The van der Waals surface area contributed by atoms with Gasteiger partial charge in [-0.25, -0.2) is 18.7 Å². The summed E-state index contributed by atoms with van der Waals surface area (Å²) >= 11 is 6.45. The molecular weight excluding hydrogens is 519 g/mol. The van der Waals surface area contributed by atoms with Crippen molar-refractivity contribution in [2.45, 2.75) is 12.5 Å². The summed E-state index contributed by atoms with van der Waals surface area (Å²) in [6.45, 7) is 0.534. The summed E-state index contributed by atoms with van der Waals surface area (Å²) < 4.78 is 15.9. The minimum atomic E-state index is -0.747. The molecule has 4 heterocycles. The maximum absolute atomic E-state index is 14.3. The van der Waals surface area contributed by atoms with Crippen molar-refractivity contribution < 1.29 is 14.0 Å². The first-order valence-electron chi connectivity index (χ1n) is 12.4. The predicted octanol–water partition coefficient (Wildman–Crippen LogP) is 5.62. The molecule has 1 atom stereocenters. The first-order valence-corrected chi connectivity index (χ1v) is 12.7. The van der Waals surface area contributed by atoms with Gasteiger partial charge in [0.1, 0.15) is 12.1 Å². The van der Waals surface area contributed by atoms with Crippen molar-refractivity contribution in [2.75, 3.05) is 16.8 Å². The zero-order valence-electron chi connectivity index (χ0n) is 20.4. The Bertz CT molecular complexity index is 1820. The fraction of sp³-hybridized carbons (Fsp3) is 0.103. The number of amides is 3. The van der Waals surface area contributed by atoms with Gasteiger partial charge in [0, 0.05) is 51.4 Å². The second kappa shape index (κ2) is 8.92. The number of rotatable bonds is 3. The van der Waals surface area contributed by atoms with Crippen molar-refractivity contribution in [1.82, 2.24) is 19.9 Å². The number of nitrogens with zero attached hydrogens (tertiary/aromatic N) is 4. The van der Waals surface area contributed by atoms with E-state index in [2.05, 4.69) is 20.7 Å². The van der Waals surface area contributed by atoms with Crippen LogP contribution in [0.5, 0.6) is 0 Å². The van der Waals surface area contributed by atoms with Crippen LogP contribution in [0.25, 0.3) is 16.8 Å². The number of aromatic nitrogens is 3. The van der Waals surface area contributed by atoms with Crippen LogP contribution in [0.3, 0.4) is 0 Å². The molecule has 192 valence electrons. The Labute approximate surface area is 227 Å². The lowest BCUT2D eigenvalue weighted by atomic mass is 9.93. The number of hydrogen-bond acceptors (Lipinski definition) is 4. The van der Waals surface area contributed by atoms with Crippen LogP contribution in [0.2, 0.25) is 5.02 Å². The monoisotopic (exact) mass is 538 g/mol. The number of carbonyl (C=O) groups excluding carboxylic acids is 2. The molecule has 3 aromatic carbocycles. The van der Waals surface area contributed by atoms with E-state index in [1.807, 2.05) is 42.5 Å². The number of fused-ring (bicyclic) bond motifs is 3. The number of hydrogen-bond donors (Lipinski definition) is 2. The highest BCUT2D eigenvalue weighted by molar-refractivity contribution is 6.31. The highest BCUT2D eigenvalue weighted by atomic mass is 35.5. The number of urea groups is 1. The van der Waals surface area contributed by atoms with Crippen LogP contribution >= 0.6 is 11.6 Å². The predicted molar refractivity (Wildman–Crippen MR) is 146 cm³/mol. The molecule has 0 spiro atoms. The summed E-state index contributed by atoms with van der Waals surface area (Å²) in [5.74, 6) is -0.824. The molecule has 0 aliphatic carbocycles. The average molecular weight is 539 g/mol. The van der Waals surface area contributed by atoms with Crippen molar-refractivity contribution in [3.05, 3.63) is 112 Å². The molecule has 3 amide bonds. The molecule has 39 heavy (non-hydrogen) atoms. The third kappa shape index (κ3) is 3.90. The highest BCUT2D eigenvalue weighted by Gasteiger charge is 2.36. The van der Waals surface area contributed by atoms with E-state index in [9.17, 15) is 14.0 Å². The normalized spacial score (nSPS) is 15.8. The van der Waals surface area contributed by atoms with Gasteiger partial charge in [-0.3, -0.25) is 9.69 Å². The molecule has 7 rings (SSSR count). The van der Waals surface area contributed by atoms with Crippen LogP contribution in [0.15, 0.2) is 79.3 Å². The maximum Gasteiger partial charge on any atom is 0.326 e. The highest BCUT2D eigenvalue weighted by Crippen LogP contribution is 2.42. The molecule has 0 bridgehead atoms. The summed E-state index contributed by atoms with van der Waals surface area (Å²) in [5, 5.41) is 10.5. The third-order valence-corrected chi connectivity index (χ3v) is 7.58. The van der Waals surface area contributed by atoms with E-state index >= 15 is 0 Å². The first-order chi connectivity index (χ1) is 19.0. The number of benzene rings is 3. The van der Waals surface area contributed by atoms with E-state index in [1.54, 1.807) is 21.7 Å². The number of anilines is 2. The quantitative estimate of drug-likeness (QED) is 0.312. The Morgan fingerprint density at radius 1 is 1.08 bits per heavy atom. The second-order valence-electron chi connectivity index (χ2n) is 9.50. The molecule has 2 aromatic heterocycles. The Hall–Kier alpha value is -4.76. The Morgan fingerprint density at radius 2 is 1.95 bits per heavy atom. The zero-order valence-corrected chi connectivity index (χ0v) is 21.1. The maximum atomic E-state index is 14.3. The number of para-hydroxylation sites is 1. The number of pyridine rings is 1. The molecule has 5 aromatic rings. The van der Waals surface area contributed by atoms with E-state index in [1.165, 1.54) is 24.5 Å². The van der Waals surface area contributed by atoms with Crippen molar-refractivity contribution in [2.24, 2.45) is 0 Å². The van der Waals surface area contributed by atoms with Gasteiger partial charge in [0.05, 0.1) is 6.04 Å². The van der Waals surface area contributed by atoms with Gasteiger partial charge in [-0.05, 0) is 66.1 Å². The van der Waals surface area contributed by atoms with Crippen molar-refractivity contribution in [3.63, 3.8) is 0 Å². The summed E-state index contributed by atoms with van der Waals surface area (Å²) in [7, 11) is 0. The standard InChI is InChI=1S/C29H20ClFN6O2/c30-22-7-6-19(31)13-20(22)27-26-21(28(38)35-27)11-18(17-5-8-25-32-15-33-37(25)14-17)12-23(26)34-29(39)36-10-9-16-3-1-2-4-24(16)36/h1-8,11-15,27H,9-10H2,(H,34,39)(H,35,38)/t27-/m1/s1. The summed E-state index contributed by atoms with van der Waals surface area (Å²) in [6.07, 6.45) is 4.02. The van der Waals surface area contributed by atoms with Gasteiger partial charge in [-0.1, -0.05) is 29.8 Å². The van der Waals surface area contributed by atoms with Gasteiger partial charge in [0.2, 0.25) is 0 Å². The number of carbonyl (C=O) groups is 2. The summed E-state index contributed by atoms with van der Waals surface area (Å²) in [5.41, 5.74) is 5.82. The van der Waals surface area contributed by atoms with Crippen molar-refractivity contribution in [3.8, 4) is 11.1 Å². The molecular formula is C29H20ClFN6O2. The molecule has 2 N–H and O–H groups in total. The topological polar surface area (TPSA) is 91.6 Å². The zero-order chi connectivity index (χ0) is 26.7. The van der Waals surface area contributed by atoms with Crippen LogP contribution in [0.4, 0.5) is 20.6 Å². The summed E-state index contributed by atoms with van der Waals surface area (Å²) in [4.78, 5) is 32.7. The van der Waals surface area contributed by atoms with Crippen LogP contribution < -0.4 is 15.5 Å². The molecule has 8 nitrogen and oxygen atoms in total. The minimum absolute atomic E-state index is 0.306. The first kappa shape index (κ1) is 23.4. The van der Waals surface area contributed by atoms with Crippen molar-refractivity contribution >= 4 is 40.6 Å². The molecule has 2 aliphatic rings. The van der Waals surface area contributed by atoms with Crippen LogP contribution in [0.1, 0.15) is 33.1 Å².